The molecule has 208 valence electrons. The molecule has 0 aliphatic rings. The maximum atomic E-state index is 13.8. The van der Waals surface area contributed by atoms with Crippen molar-refractivity contribution >= 4 is 33.0 Å². The summed E-state index contributed by atoms with van der Waals surface area (Å²) in [4.78, 5) is 18.7. The van der Waals surface area contributed by atoms with Crippen molar-refractivity contribution in [1.82, 2.24) is 9.66 Å². The second-order valence-corrected chi connectivity index (χ2v) is 10.9. The summed E-state index contributed by atoms with van der Waals surface area (Å²) in [5.41, 5.74) is 4.49. The number of nitrogens with zero attached hydrogens (tertiary/aromatic N) is 3. The molecule has 0 N–H and O–H groups in total. The molecule has 0 spiro atoms. The van der Waals surface area contributed by atoms with Crippen molar-refractivity contribution in [1.29, 1.82) is 0 Å². The summed E-state index contributed by atoms with van der Waals surface area (Å²) in [7, 11) is 1.66. The molecule has 4 aromatic carbocycles. The summed E-state index contributed by atoms with van der Waals surface area (Å²) in [5.74, 6) is 1.67. The van der Waals surface area contributed by atoms with E-state index in [-0.39, 0.29) is 23.9 Å². The van der Waals surface area contributed by atoms with Crippen molar-refractivity contribution in [3.05, 3.63) is 122 Å². The summed E-state index contributed by atoms with van der Waals surface area (Å²) in [6.45, 7) is 6.40. The molecule has 1 aromatic heterocycles. The van der Waals surface area contributed by atoms with E-state index in [9.17, 15) is 9.18 Å². The lowest BCUT2D eigenvalue weighted by molar-refractivity contribution is 0.305. The molecule has 5 rings (SSSR count). The van der Waals surface area contributed by atoms with Gasteiger partial charge < -0.3 is 9.47 Å². The Morgan fingerprint density at radius 1 is 1.02 bits per heavy atom. The summed E-state index contributed by atoms with van der Waals surface area (Å²) < 4.78 is 27.2. The van der Waals surface area contributed by atoms with Crippen LogP contribution in [0.2, 0.25) is 0 Å². The number of para-hydroxylation sites is 1. The molecule has 0 aliphatic carbocycles. The van der Waals surface area contributed by atoms with Gasteiger partial charge in [0, 0.05) is 15.6 Å². The lowest BCUT2D eigenvalue weighted by atomic mass is 9.96. The fraction of sp³-hybridized carbons (Fsp3) is 0.182. The normalized spacial score (nSPS) is 11.5. The van der Waals surface area contributed by atoms with E-state index in [1.807, 2.05) is 55.5 Å². The van der Waals surface area contributed by atoms with Gasteiger partial charge >= 0.3 is 0 Å². The number of hydrogen-bond donors (Lipinski definition) is 0. The third-order valence-corrected chi connectivity index (χ3v) is 7.28. The monoisotopic (exact) mass is 613 g/mol. The predicted molar refractivity (Wildman–Crippen MR) is 165 cm³/mol. The maximum Gasteiger partial charge on any atom is 0.282 e. The lowest BCUT2D eigenvalue weighted by Gasteiger charge is -2.17. The van der Waals surface area contributed by atoms with Crippen molar-refractivity contribution < 1.29 is 13.9 Å². The Morgan fingerprint density at radius 2 is 1.78 bits per heavy atom. The number of hydrogen-bond acceptors (Lipinski definition) is 5. The lowest BCUT2D eigenvalue weighted by Crippen LogP contribution is -2.21. The molecule has 0 unspecified atom stereocenters. The average Bonchev–Trinajstić information content (AvgIpc) is 2.96. The Balaban J connectivity index is 1.63. The number of aryl methyl sites for hydroxylation is 1. The summed E-state index contributed by atoms with van der Waals surface area (Å²) in [6, 6.07) is 22.9. The van der Waals surface area contributed by atoms with Crippen molar-refractivity contribution in [2.75, 3.05) is 7.11 Å². The Morgan fingerprint density at radius 3 is 2.51 bits per heavy atom. The molecule has 0 aliphatic heterocycles. The maximum absolute atomic E-state index is 13.8. The van der Waals surface area contributed by atoms with Crippen LogP contribution in [-0.2, 0) is 6.61 Å². The third kappa shape index (κ3) is 6.07. The molecular weight excluding hydrogens is 585 g/mol. The first-order valence-electron chi connectivity index (χ1n) is 13.2. The Hall–Kier alpha value is -4.30. The highest BCUT2D eigenvalue weighted by molar-refractivity contribution is 9.10. The highest BCUT2D eigenvalue weighted by atomic mass is 79.9. The van der Waals surface area contributed by atoms with Crippen molar-refractivity contribution in [2.24, 2.45) is 5.10 Å². The van der Waals surface area contributed by atoms with Crippen molar-refractivity contribution in [3.63, 3.8) is 0 Å². The molecule has 8 heteroatoms. The molecule has 0 atom stereocenters. The average molecular weight is 615 g/mol. The summed E-state index contributed by atoms with van der Waals surface area (Å²) >= 11 is 3.52. The van der Waals surface area contributed by atoms with E-state index < -0.39 is 0 Å². The zero-order valence-corrected chi connectivity index (χ0v) is 24.8. The van der Waals surface area contributed by atoms with Crippen LogP contribution in [0.4, 0.5) is 4.39 Å². The molecule has 0 saturated heterocycles. The van der Waals surface area contributed by atoms with Crippen LogP contribution >= 0.6 is 15.9 Å². The quantitative estimate of drug-likeness (QED) is 0.167. The Kier molecular flexibility index (Phi) is 8.31. The van der Waals surface area contributed by atoms with Gasteiger partial charge in [0.05, 0.1) is 24.2 Å². The minimum absolute atomic E-state index is 0.191. The van der Waals surface area contributed by atoms with Crippen molar-refractivity contribution in [3.8, 4) is 22.9 Å². The molecular formula is C33H29BrFN3O3. The molecule has 0 fully saturated rings. The van der Waals surface area contributed by atoms with Crippen LogP contribution in [0.1, 0.15) is 42.0 Å². The van der Waals surface area contributed by atoms with Gasteiger partial charge in [-0.15, -0.1) is 0 Å². The van der Waals surface area contributed by atoms with Crippen LogP contribution in [0, 0.1) is 12.7 Å². The van der Waals surface area contributed by atoms with Gasteiger partial charge in [-0.2, -0.15) is 9.78 Å². The number of benzene rings is 4. The number of ether oxygens (including phenoxy) is 2. The fourth-order valence-corrected chi connectivity index (χ4v) is 4.96. The predicted octanol–water partition coefficient (Wildman–Crippen LogP) is 7.87. The number of rotatable bonds is 8. The first-order chi connectivity index (χ1) is 19.7. The number of methoxy groups -OCH3 is 1. The van der Waals surface area contributed by atoms with Crippen LogP contribution in [0.15, 0.2) is 93.2 Å². The molecule has 0 radical (unpaired) electrons. The van der Waals surface area contributed by atoms with Gasteiger partial charge in [-0.25, -0.2) is 9.37 Å². The molecule has 6 nitrogen and oxygen atoms in total. The SMILES string of the molecule is COc1cc(C)c(-c2nc3ccccc3c(=O)n2N=Cc2cc(Br)ccc2OCc2ccc(F)cc2)cc1C(C)C. The van der Waals surface area contributed by atoms with Crippen LogP contribution in [-0.4, -0.2) is 23.0 Å². The van der Waals surface area contributed by atoms with Crippen LogP contribution in [0.25, 0.3) is 22.3 Å². The van der Waals surface area contributed by atoms with Gasteiger partial charge in [-0.05, 0) is 84.1 Å². The van der Waals surface area contributed by atoms with E-state index in [0.717, 1.165) is 32.5 Å². The number of fused-ring (bicyclic) bond motifs is 1. The molecule has 41 heavy (non-hydrogen) atoms. The topological polar surface area (TPSA) is 65.7 Å². The molecule has 5 aromatic rings. The zero-order chi connectivity index (χ0) is 29.1. The van der Waals surface area contributed by atoms with E-state index in [2.05, 4.69) is 34.9 Å². The van der Waals surface area contributed by atoms with Crippen LogP contribution in [0.3, 0.4) is 0 Å². The van der Waals surface area contributed by atoms with Gasteiger partial charge in [0.1, 0.15) is 23.9 Å². The summed E-state index contributed by atoms with van der Waals surface area (Å²) in [5, 5.41) is 5.13. The van der Waals surface area contributed by atoms with Gasteiger partial charge in [-0.3, -0.25) is 4.79 Å². The van der Waals surface area contributed by atoms with Crippen LogP contribution < -0.4 is 15.0 Å². The number of halogens is 2. The van der Waals surface area contributed by atoms with E-state index in [0.29, 0.717) is 28.0 Å². The second kappa shape index (κ2) is 12.1. The van der Waals surface area contributed by atoms with Gasteiger partial charge in [0.15, 0.2) is 5.82 Å². The smallest absolute Gasteiger partial charge is 0.282 e. The minimum Gasteiger partial charge on any atom is -0.496 e. The molecule has 1 heterocycles. The highest BCUT2D eigenvalue weighted by Crippen LogP contribution is 2.34. The van der Waals surface area contributed by atoms with Gasteiger partial charge in [-0.1, -0.05) is 54.0 Å². The highest BCUT2D eigenvalue weighted by Gasteiger charge is 2.18. The second-order valence-electron chi connectivity index (χ2n) is 9.98. The Bertz CT molecular complexity index is 1810. The standard InChI is InChI=1S/C33H29BrFN3O3/c1-20(2)27-17-28(21(3)15-31(27)40-4)32-37-29-8-6-5-7-26(29)33(39)38(32)36-18-23-16-24(34)11-14-30(23)41-19-22-9-12-25(35)13-10-22/h5-18,20H,19H2,1-4H3. The zero-order valence-electron chi connectivity index (χ0n) is 23.2. The molecule has 0 bridgehead atoms. The molecule has 0 saturated carbocycles. The van der Waals surface area contributed by atoms with E-state index >= 15 is 0 Å². The van der Waals surface area contributed by atoms with Gasteiger partial charge in [0.2, 0.25) is 0 Å². The summed E-state index contributed by atoms with van der Waals surface area (Å²) in [6.07, 6.45) is 1.59. The van der Waals surface area contributed by atoms with E-state index in [4.69, 9.17) is 14.5 Å². The largest absolute Gasteiger partial charge is 0.496 e. The van der Waals surface area contributed by atoms with Gasteiger partial charge in [0.25, 0.3) is 5.56 Å². The first-order valence-corrected chi connectivity index (χ1v) is 14.0. The number of aromatic nitrogens is 2. The minimum atomic E-state index is -0.303. The first kappa shape index (κ1) is 28.2. The molecule has 0 amide bonds. The van der Waals surface area contributed by atoms with Crippen LogP contribution in [0.5, 0.6) is 11.5 Å². The third-order valence-electron chi connectivity index (χ3n) is 6.79. The van der Waals surface area contributed by atoms with Crippen molar-refractivity contribution in [2.45, 2.75) is 33.3 Å². The van der Waals surface area contributed by atoms with E-state index in [1.54, 1.807) is 31.5 Å². The Labute approximate surface area is 246 Å². The van der Waals surface area contributed by atoms with E-state index in [1.165, 1.54) is 16.8 Å². The fourth-order valence-electron chi connectivity index (χ4n) is 4.59.